The predicted molar refractivity (Wildman–Crippen MR) is 68.6 cm³/mol. The van der Waals surface area contributed by atoms with Gasteiger partial charge in [0.25, 0.3) is 0 Å². The Morgan fingerprint density at radius 3 is 2.71 bits per heavy atom. The van der Waals surface area contributed by atoms with E-state index in [-0.39, 0.29) is 11.2 Å². The highest BCUT2D eigenvalue weighted by Crippen LogP contribution is 2.32. The van der Waals surface area contributed by atoms with E-state index in [4.69, 9.17) is 16.3 Å². The second kappa shape index (κ2) is 5.19. The van der Waals surface area contributed by atoms with Crippen molar-refractivity contribution in [2.24, 2.45) is 5.41 Å². The SMILES string of the molecule is CC1(CC(=O)c2ccc(Cl)cc2)CCCOC1. The molecule has 2 rings (SSSR count). The van der Waals surface area contributed by atoms with Gasteiger partial charge in [0.15, 0.2) is 5.78 Å². The quantitative estimate of drug-likeness (QED) is 0.767. The number of carbonyl (C=O) groups excluding carboxylic acids is 1. The maximum absolute atomic E-state index is 12.1. The predicted octanol–water partition coefficient (Wildman–Crippen LogP) is 3.73. The van der Waals surface area contributed by atoms with Gasteiger partial charge in [-0.25, -0.2) is 0 Å². The molecule has 1 unspecified atom stereocenters. The molecule has 1 heterocycles. The van der Waals surface area contributed by atoms with Crippen molar-refractivity contribution in [1.82, 2.24) is 0 Å². The average Bonchev–Trinajstić information content (AvgIpc) is 2.30. The Labute approximate surface area is 107 Å². The number of benzene rings is 1. The largest absolute Gasteiger partial charge is 0.381 e. The first-order valence-electron chi connectivity index (χ1n) is 5.96. The molecule has 92 valence electrons. The Morgan fingerprint density at radius 2 is 2.12 bits per heavy atom. The smallest absolute Gasteiger partial charge is 0.163 e. The van der Waals surface area contributed by atoms with Gasteiger partial charge in [-0.05, 0) is 42.5 Å². The van der Waals surface area contributed by atoms with Crippen molar-refractivity contribution in [2.75, 3.05) is 13.2 Å². The van der Waals surface area contributed by atoms with Gasteiger partial charge in [-0.15, -0.1) is 0 Å². The van der Waals surface area contributed by atoms with Crippen LogP contribution in [0.1, 0.15) is 36.5 Å². The van der Waals surface area contributed by atoms with Gasteiger partial charge < -0.3 is 4.74 Å². The van der Waals surface area contributed by atoms with Gasteiger partial charge in [0.1, 0.15) is 0 Å². The van der Waals surface area contributed by atoms with E-state index in [0.717, 1.165) is 25.0 Å². The molecule has 1 saturated heterocycles. The molecule has 0 bridgehead atoms. The van der Waals surface area contributed by atoms with E-state index in [2.05, 4.69) is 6.92 Å². The minimum atomic E-state index is -0.00499. The van der Waals surface area contributed by atoms with Crippen molar-refractivity contribution in [3.63, 3.8) is 0 Å². The van der Waals surface area contributed by atoms with E-state index in [9.17, 15) is 4.79 Å². The second-order valence-corrected chi connectivity index (χ2v) is 5.51. The van der Waals surface area contributed by atoms with Crippen molar-refractivity contribution in [2.45, 2.75) is 26.2 Å². The lowest BCUT2D eigenvalue weighted by molar-refractivity contribution is 0.000179. The topological polar surface area (TPSA) is 26.3 Å². The highest BCUT2D eigenvalue weighted by Gasteiger charge is 2.30. The number of carbonyl (C=O) groups is 1. The Balaban J connectivity index is 2.03. The molecule has 0 aromatic heterocycles. The summed E-state index contributed by atoms with van der Waals surface area (Å²) in [5.41, 5.74) is 0.732. The molecule has 1 atom stereocenters. The normalized spacial score (nSPS) is 24.6. The Kier molecular flexibility index (Phi) is 3.85. The van der Waals surface area contributed by atoms with E-state index in [1.54, 1.807) is 24.3 Å². The van der Waals surface area contributed by atoms with Crippen molar-refractivity contribution in [3.8, 4) is 0 Å². The fourth-order valence-corrected chi connectivity index (χ4v) is 2.38. The van der Waals surface area contributed by atoms with Crippen LogP contribution in [0.15, 0.2) is 24.3 Å². The summed E-state index contributed by atoms with van der Waals surface area (Å²) in [6.45, 7) is 3.64. The number of hydrogen-bond donors (Lipinski definition) is 0. The van der Waals surface area contributed by atoms with Gasteiger partial charge in [-0.1, -0.05) is 18.5 Å². The Hall–Kier alpha value is -0.860. The van der Waals surface area contributed by atoms with E-state index in [1.807, 2.05) is 0 Å². The molecule has 17 heavy (non-hydrogen) atoms. The van der Waals surface area contributed by atoms with Crippen LogP contribution in [0, 0.1) is 5.41 Å². The van der Waals surface area contributed by atoms with Gasteiger partial charge in [0.05, 0.1) is 6.61 Å². The Morgan fingerprint density at radius 1 is 1.41 bits per heavy atom. The third-order valence-electron chi connectivity index (χ3n) is 3.27. The minimum Gasteiger partial charge on any atom is -0.381 e. The molecule has 0 saturated carbocycles. The van der Waals surface area contributed by atoms with E-state index in [0.29, 0.717) is 18.1 Å². The molecule has 1 fully saturated rings. The Bertz CT molecular complexity index is 391. The zero-order chi connectivity index (χ0) is 12.3. The van der Waals surface area contributed by atoms with Crippen molar-refractivity contribution in [1.29, 1.82) is 0 Å². The molecule has 1 aromatic rings. The molecule has 3 heteroatoms. The van der Waals surface area contributed by atoms with Crippen LogP contribution < -0.4 is 0 Å². The van der Waals surface area contributed by atoms with Crippen LogP contribution in [0.3, 0.4) is 0 Å². The van der Waals surface area contributed by atoms with Crippen LogP contribution in [-0.2, 0) is 4.74 Å². The number of hydrogen-bond acceptors (Lipinski definition) is 2. The molecule has 0 radical (unpaired) electrons. The monoisotopic (exact) mass is 252 g/mol. The minimum absolute atomic E-state index is 0.00499. The summed E-state index contributed by atoms with van der Waals surface area (Å²) in [7, 11) is 0. The fourth-order valence-electron chi connectivity index (χ4n) is 2.26. The highest BCUT2D eigenvalue weighted by atomic mass is 35.5. The lowest BCUT2D eigenvalue weighted by Gasteiger charge is -2.32. The maximum Gasteiger partial charge on any atom is 0.163 e. The van der Waals surface area contributed by atoms with Crippen molar-refractivity contribution in [3.05, 3.63) is 34.9 Å². The molecule has 1 aliphatic rings. The molecule has 2 nitrogen and oxygen atoms in total. The van der Waals surface area contributed by atoms with Crippen molar-refractivity contribution >= 4 is 17.4 Å². The zero-order valence-corrected chi connectivity index (χ0v) is 10.8. The first-order valence-corrected chi connectivity index (χ1v) is 6.33. The van der Waals surface area contributed by atoms with Crippen LogP contribution in [0.4, 0.5) is 0 Å². The number of Topliss-reactive ketones (excluding diaryl/α,β-unsaturated/α-hetero) is 1. The van der Waals surface area contributed by atoms with Crippen LogP contribution >= 0.6 is 11.6 Å². The molecule has 1 aromatic carbocycles. The second-order valence-electron chi connectivity index (χ2n) is 5.07. The van der Waals surface area contributed by atoms with E-state index in [1.165, 1.54) is 0 Å². The summed E-state index contributed by atoms with van der Waals surface area (Å²) in [6.07, 6.45) is 2.66. The lowest BCUT2D eigenvalue weighted by Crippen LogP contribution is -2.31. The van der Waals surface area contributed by atoms with Gasteiger partial charge in [0, 0.05) is 23.6 Å². The average molecular weight is 253 g/mol. The molecule has 0 spiro atoms. The summed E-state index contributed by atoms with van der Waals surface area (Å²) >= 11 is 5.80. The van der Waals surface area contributed by atoms with Gasteiger partial charge in [0.2, 0.25) is 0 Å². The zero-order valence-electron chi connectivity index (χ0n) is 10.0. The summed E-state index contributed by atoms with van der Waals surface area (Å²) in [5.74, 6) is 0.176. The molecular formula is C14H17ClO2. The van der Waals surface area contributed by atoms with Crippen LogP contribution in [0.5, 0.6) is 0 Å². The number of ether oxygens (including phenoxy) is 1. The highest BCUT2D eigenvalue weighted by molar-refractivity contribution is 6.30. The standard InChI is InChI=1S/C14H17ClO2/c1-14(7-2-8-17-10-14)9-13(16)11-3-5-12(15)6-4-11/h3-6H,2,7-10H2,1H3. The van der Waals surface area contributed by atoms with Crippen LogP contribution in [0.25, 0.3) is 0 Å². The maximum atomic E-state index is 12.1. The van der Waals surface area contributed by atoms with Crippen LogP contribution in [0.2, 0.25) is 5.02 Å². The van der Waals surface area contributed by atoms with E-state index >= 15 is 0 Å². The van der Waals surface area contributed by atoms with Gasteiger partial charge >= 0.3 is 0 Å². The third-order valence-corrected chi connectivity index (χ3v) is 3.53. The fraction of sp³-hybridized carbons (Fsp3) is 0.500. The number of ketones is 1. The first kappa shape index (κ1) is 12.6. The third kappa shape index (κ3) is 3.30. The molecule has 0 amide bonds. The van der Waals surface area contributed by atoms with Crippen molar-refractivity contribution < 1.29 is 9.53 Å². The summed E-state index contributed by atoms with van der Waals surface area (Å²) < 4.78 is 5.47. The molecule has 1 aliphatic heterocycles. The summed E-state index contributed by atoms with van der Waals surface area (Å²) in [6, 6.07) is 7.10. The summed E-state index contributed by atoms with van der Waals surface area (Å²) in [4.78, 5) is 12.1. The number of rotatable bonds is 3. The number of halogens is 1. The van der Waals surface area contributed by atoms with Gasteiger partial charge in [-0.3, -0.25) is 4.79 Å². The molecule has 0 N–H and O–H groups in total. The lowest BCUT2D eigenvalue weighted by atomic mass is 9.79. The van der Waals surface area contributed by atoms with E-state index < -0.39 is 0 Å². The molecular weight excluding hydrogens is 236 g/mol. The molecule has 0 aliphatic carbocycles. The van der Waals surface area contributed by atoms with Crippen LogP contribution in [-0.4, -0.2) is 19.0 Å². The van der Waals surface area contributed by atoms with Gasteiger partial charge in [-0.2, -0.15) is 0 Å². The summed E-state index contributed by atoms with van der Waals surface area (Å²) in [5, 5.41) is 0.661. The first-order chi connectivity index (χ1) is 8.09.